The zero-order valence-electron chi connectivity index (χ0n) is 13.3. The van der Waals surface area contributed by atoms with Gasteiger partial charge in [0.2, 0.25) is 0 Å². The summed E-state index contributed by atoms with van der Waals surface area (Å²) in [6.07, 6.45) is 6.55. The number of urea groups is 1. The van der Waals surface area contributed by atoms with Crippen molar-refractivity contribution in [2.45, 2.75) is 50.7 Å². The monoisotopic (exact) mass is 316 g/mol. The van der Waals surface area contributed by atoms with E-state index in [1.807, 2.05) is 11.8 Å². The maximum atomic E-state index is 11.8. The Labute approximate surface area is 131 Å². The summed E-state index contributed by atoms with van der Waals surface area (Å²) in [6, 6.07) is -0.186. The Balaban J connectivity index is 2.30. The second kappa shape index (κ2) is 8.51. The number of aliphatic carboxylic acids is 1. The SMILES string of the molecule is CSC1(CNC(=O)NCC(CC(=O)O)CC(C)C)CCC1. The van der Waals surface area contributed by atoms with Crippen LogP contribution in [0.3, 0.4) is 0 Å². The lowest BCUT2D eigenvalue weighted by Gasteiger charge is -2.40. The van der Waals surface area contributed by atoms with Crippen LogP contribution in [0.15, 0.2) is 0 Å². The molecule has 1 unspecified atom stereocenters. The molecule has 3 N–H and O–H groups in total. The highest BCUT2D eigenvalue weighted by molar-refractivity contribution is 8.00. The Bertz CT molecular complexity index is 351. The third-order valence-electron chi connectivity index (χ3n) is 4.09. The van der Waals surface area contributed by atoms with E-state index >= 15 is 0 Å². The summed E-state index contributed by atoms with van der Waals surface area (Å²) < 4.78 is 0.218. The van der Waals surface area contributed by atoms with Crippen LogP contribution < -0.4 is 10.6 Å². The number of carbonyl (C=O) groups is 2. The van der Waals surface area contributed by atoms with Crippen molar-refractivity contribution in [3.8, 4) is 0 Å². The third kappa shape index (κ3) is 6.59. The topological polar surface area (TPSA) is 78.4 Å². The molecule has 0 aromatic heterocycles. The molecule has 0 aromatic rings. The van der Waals surface area contributed by atoms with Crippen LogP contribution in [0.5, 0.6) is 0 Å². The number of amides is 2. The first-order valence-corrected chi connectivity index (χ1v) is 8.88. The van der Waals surface area contributed by atoms with Crippen molar-refractivity contribution >= 4 is 23.8 Å². The normalized spacial score (nSPS) is 17.9. The Morgan fingerprint density at radius 1 is 1.29 bits per heavy atom. The summed E-state index contributed by atoms with van der Waals surface area (Å²) in [7, 11) is 0. The van der Waals surface area contributed by atoms with Gasteiger partial charge in [0, 0.05) is 24.3 Å². The first-order valence-electron chi connectivity index (χ1n) is 7.65. The molecule has 5 nitrogen and oxygen atoms in total. The molecule has 21 heavy (non-hydrogen) atoms. The molecule has 1 saturated carbocycles. The number of carboxylic acids is 1. The summed E-state index contributed by atoms with van der Waals surface area (Å²) in [4.78, 5) is 22.7. The van der Waals surface area contributed by atoms with Gasteiger partial charge in [0.1, 0.15) is 0 Å². The summed E-state index contributed by atoms with van der Waals surface area (Å²) in [6.45, 7) is 5.23. The van der Waals surface area contributed by atoms with Gasteiger partial charge >= 0.3 is 12.0 Å². The lowest BCUT2D eigenvalue weighted by atomic mass is 9.84. The third-order valence-corrected chi connectivity index (χ3v) is 5.51. The van der Waals surface area contributed by atoms with Crippen molar-refractivity contribution < 1.29 is 14.7 Å². The zero-order chi connectivity index (χ0) is 15.9. The summed E-state index contributed by atoms with van der Waals surface area (Å²) in [5, 5.41) is 14.6. The number of carboxylic acid groups (broad SMARTS) is 1. The number of nitrogens with one attached hydrogen (secondary N) is 2. The minimum atomic E-state index is -0.807. The largest absolute Gasteiger partial charge is 0.481 e. The van der Waals surface area contributed by atoms with Crippen LogP contribution in [-0.2, 0) is 4.79 Å². The van der Waals surface area contributed by atoms with Crippen LogP contribution in [0.4, 0.5) is 4.79 Å². The van der Waals surface area contributed by atoms with E-state index in [9.17, 15) is 9.59 Å². The molecule has 0 heterocycles. The van der Waals surface area contributed by atoms with Crippen LogP contribution in [0, 0.1) is 11.8 Å². The maximum absolute atomic E-state index is 11.8. The van der Waals surface area contributed by atoms with Gasteiger partial charge in [-0.05, 0) is 37.4 Å². The highest BCUT2D eigenvalue weighted by Crippen LogP contribution is 2.42. The Morgan fingerprint density at radius 3 is 2.38 bits per heavy atom. The molecule has 1 fully saturated rings. The summed E-state index contributed by atoms with van der Waals surface area (Å²) in [5.41, 5.74) is 0. The Morgan fingerprint density at radius 2 is 1.95 bits per heavy atom. The fourth-order valence-electron chi connectivity index (χ4n) is 2.72. The molecular formula is C15H28N2O3S. The molecule has 2 amide bonds. The molecule has 1 aliphatic rings. The van der Waals surface area contributed by atoms with Crippen LogP contribution in [0.25, 0.3) is 0 Å². The Kier molecular flexibility index (Phi) is 7.35. The number of rotatable bonds is 9. The Hall–Kier alpha value is -0.910. The summed E-state index contributed by atoms with van der Waals surface area (Å²) in [5.74, 6) is -0.390. The van der Waals surface area contributed by atoms with E-state index in [2.05, 4.69) is 30.7 Å². The molecule has 0 spiro atoms. The number of thioether (sulfide) groups is 1. The van der Waals surface area contributed by atoms with E-state index in [0.717, 1.165) is 19.3 Å². The minimum Gasteiger partial charge on any atom is -0.481 e. The molecule has 0 aliphatic heterocycles. The fraction of sp³-hybridized carbons (Fsp3) is 0.867. The van der Waals surface area contributed by atoms with Crippen molar-refractivity contribution in [1.29, 1.82) is 0 Å². The first kappa shape index (κ1) is 18.1. The number of hydrogen-bond acceptors (Lipinski definition) is 3. The second-order valence-corrected chi connectivity index (χ2v) is 7.67. The molecule has 1 aliphatic carbocycles. The van der Waals surface area contributed by atoms with Gasteiger partial charge in [-0.2, -0.15) is 11.8 Å². The van der Waals surface area contributed by atoms with E-state index in [0.29, 0.717) is 19.0 Å². The lowest BCUT2D eigenvalue weighted by molar-refractivity contribution is -0.138. The van der Waals surface area contributed by atoms with Gasteiger partial charge in [0.05, 0.1) is 0 Å². The van der Waals surface area contributed by atoms with Crippen molar-refractivity contribution in [2.24, 2.45) is 11.8 Å². The number of hydrogen-bond donors (Lipinski definition) is 3. The van der Waals surface area contributed by atoms with E-state index in [4.69, 9.17) is 5.11 Å². The van der Waals surface area contributed by atoms with Gasteiger partial charge in [-0.1, -0.05) is 20.3 Å². The van der Waals surface area contributed by atoms with Gasteiger partial charge < -0.3 is 15.7 Å². The average molecular weight is 316 g/mol. The van der Waals surface area contributed by atoms with Crippen molar-refractivity contribution in [1.82, 2.24) is 10.6 Å². The molecule has 0 saturated heterocycles. The number of carbonyl (C=O) groups excluding carboxylic acids is 1. The average Bonchev–Trinajstić information content (AvgIpc) is 2.34. The van der Waals surface area contributed by atoms with Gasteiger partial charge in [0.15, 0.2) is 0 Å². The zero-order valence-corrected chi connectivity index (χ0v) is 14.1. The van der Waals surface area contributed by atoms with Gasteiger partial charge in [0.25, 0.3) is 0 Å². The van der Waals surface area contributed by atoms with E-state index in [1.165, 1.54) is 6.42 Å². The van der Waals surface area contributed by atoms with E-state index < -0.39 is 5.97 Å². The van der Waals surface area contributed by atoms with Gasteiger partial charge in [-0.25, -0.2) is 4.79 Å². The van der Waals surface area contributed by atoms with Crippen molar-refractivity contribution in [3.63, 3.8) is 0 Å². The van der Waals surface area contributed by atoms with Crippen LogP contribution in [0.2, 0.25) is 0 Å². The molecule has 6 heteroatoms. The second-order valence-electron chi connectivity index (χ2n) is 6.40. The molecule has 0 aromatic carbocycles. The summed E-state index contributed by atoms with van der Waals surface area (Å²) >= 11 is 1.82. The highest BCUT2D eigenvalue weighted by Gasteiger charge is 2.36. The van der Waals surface area contributed by atoms with Gasteiger partial charge in [-0.15, -0.1) is 0 Å². The fourth-order valence-corrected chi connectivity index (χ4v) is 3.63. The minimum absolute atomic E-state index is 0.00790. The molecule has 0 bridgehead atoms. The van der Waals surface area contributed by atoms with Gasteiger partial charge in [-0.3, -0.25) is 4.79 Å². The highest BCUT2D eigenvalue weighted by atomic mass is 32.2. The van der Waals surface area contributed by atoms with Crippen LogP contribution >= 0.6 is 11.8 Å². The predicted octanol–water partition coefficient (Wildman–Crippen LogP) is 2.71. The lowest BCUT2D eigenvalue weighted by Crippen LogP contribution is -2.48. The molecule has 0 radical (unpaired) electrons. The van der Waals surface area contributed by atoms with Crippen molar-refractivity contribution in [2.75, 3.05) is 19.3 Å². The molecule has 1 rings (SSSR count). The molecule has 1 atom stereocenters. The quantitative estimate of drug-likeness (QED) is 0.611. The standard InChI is InChI=1S/C15H28N2O3S/c1-11(2)7-12(8-13(18)19)9-16-14(20)17-10-15(21-3)5-4-6-15/h11-12H,4-10H2,1-3H3,(H,18,19)(H2,16,17,20). The van der Waals surface area contributed by atoms with E-state index in [-0.39, 0.29) is 23.1 Å². The van der Waals surface area contributed by atoms with Crippen molar-refractivity contribution in [3.05, 3.63) is 0 Å². The first-order chi connectivity index (χ1) is 9.87. The maximum Gasteiger partial charge on any atom is 0.314 e. The smallest absolute Gasteiger partial charge is 0.314 e. The predicted molar refractivity (Wildman–Crippen MR) is 86.7 cm³/mol. The molecule has 122 valence electrons. The van der Waals surface area contributed by atoms with Crippen LogP contribution in [0.1, 0.15) is 46.0 Å². The van der Waals surface area contributed by atoms with E-state index in [1.54, 1.807) is 0 Å². The van der Waals surface area contributed by atoms with Crippen LogP contribution in [-0.4, -0.2) is 41.2 Å². The molecular weight excluding hydrogens is 288 g/mol.